The van der Waals surface area contributed by atoms with Gasteiger partial charge in [-0.15, -0.1) is 0 Å². The predicted octanol–water partition coefficient (Wildman–Crippen LogP) is 22.9. The van der Waals surface area contributed by atoms with E-state index in [1.165, 1.54) is 240 Å². The summed E-state index contributed by atoms with van der Waals surface area (Å²) in [4.78, 5) is 132. The third-order valence-electron chi connectivity index (χ3n) is 38.5. The molecule has 4 aromatic heterocycles. The lowest BCUT2D eigenvalue weighted by Gasteiger charge is -2.56. The van der Waals surface area contributed by atoms with Gasteiger partial charge in [0.1, 0.15) is 0 Å². The molecular formula is C116H156N12O8. The van der Waals surface area contributed by atoms with E-state index in [1.54, 1.807) is 0 Å². The van der Waals surface area contributed by atoms with E-state index < -0.39 is 0 Å². The summed E-state index contributed by atoms with van der Waals surface area (Å²) >= 11 is 0. The maximum absolute atomic E-state index is 13.5. The van der Waals surface area contributed by atoms with E-state index in [1.807, 2.05) is 115 Å². The molecule has 0 spiro atoms. The number of fused-ring (bicyclic) bond motifs is 20. The van der Waals surface area contributed by atoms with E-state index >= 15 is 0 Å². The number of rotatable bonds is 14. The molecule has 8 aromatic rings. The molecule has 0 N–H and O–H groups in total. The van der Waals surface area contributed by atoms with Crippen LogP contribution in [0.3, 0.4) is 0 Å². The van der Waals surface area contributed by atoms with Crippen LogP contribution in [-0.4, -0.2) is 153 Å². The highest BCUT2D eigenvalue weighted by Crippen LogP contribution is 2.57. The number of Topliss-reactive ketones (excluding diaryl/α,β-unsaturated/α-hetero) is 4. The molecule has 16 aliphatic rings. The van der Waals surface area contributed by atoms with Gasteiger partial charge >= 0.3 is 0 Å². The number of nitrogens with zero attached hydrogens (tertiary/aromatic N) is 12. The van der Waals surface area contributed by atoms with E-state index in [-0.39, 0.29) is 92.3 Å². The first kappa shape index (κ1) is 94.2. The van der Waals surface area contributed by atoms with Gasteiger partial charge in [-0.2, -0.15) is 0 Å². The Kier molecular flexibility index (Phi) is 27.1. The van der Waals surface area contributed by atoms with Crippen LogP contribution in [0.4, 0.5) is 0 Å². The van der Waals surface area contributed by atoms with Gasteiger partial charge in [-0.05, 0) is 356 Å². The van der Waals surface area contributed by atoms with Crippen LogP contribution in [0, 0.1) is 76.4 Å². The van der Waals surface area contributed by atoms with Crippen LogP contribution in [0.25, 0.3) is 44.1 Å². The van der Waals surface area contributed by atoms with Crippen LogP contribution in [-0.2, 0) is 0 Å². The SMILES string of the molecule is CC(=O)c1nc2ccccc2n(C2C[C@H]3CCC[C@@H](C2)N3C2C[C@@H]3C[C@H](C2)CC(C)(C)C3)c1=O.CC(=O)c1nc2ccccc2n(C2C[C@H]3CCC[C@@H](C2)N3C2C[C@H]3CC(C(C)C)C[C@@H](C2)C3)c1=O.CC(=O)c1nc2ccccc2n(C2C[C@H]3CCC[C@@H](C2)N3C2C[C@H]3CC(C)C[C@@H](C2)C3)c1=O.CCC1C[C@@H]2CC(N3[C@@H]4CCC[C@H]3CC(n3c(=O)c(C(C)=O)nc5ccccc53)C4)C[C@H](C1)C2. The Hall–Kier alpha value is -8.04. The van der Waals surface area contributed by atoms with Crippen molar-refractivity contribution < 1.29 is 19.2 Å². The minimum absolute atomic E-state index is 0.0917. The minimum atomic E-state index is -0.237. The molecule has 8 saturated heterocycles. The van der Waals surface area contributed by atoms with Crippen LogP contribution >= 0.6 is 0 Å². The topological polar surface area (TPSA) is 221 Å². The standard InChI is InChI=1S/C30H41N3O2.2C29H39N3O2.C28H37N3O2/c1-18(2)22-12-20-11-21(13-22)15-25(14-20)32-23-7-6-8-24(32)17-26(16-23)33-28-10-5-4-9-27(28)31-29(19(3)34)30(33)35;1-18(33)27-28(34)32(26-10-5-4-9-25(26)30-27)24-14-21-7-6-8-22(15-24)31(21)23-12-19-11-20(13-23)17-29(2,3)16-19;1-3-19-11-20-13-21(12-19)15-24(14-20)31-22-7-6-8-23(31)17-25(16-22)32-27-10-5-4-9-26(27)30-28(18(2)33)29(32)34;1-17-10-19-12-20(11-17)14-23(13-19)30-21-6-5-7-22(30)16-24(15-21)31-26-9-4-3-8-25(26)29-27(18(2)32)28(31)33/h4-5,9-10,18,20-26H,6-8,11-17H2,1-3H3;4-5,9-10,19-24H,6-8,11-17H2,1-3H3;4-5,9-10,19-25H,3,6-8,11-17H2,1-2H3;3-4,8-9,17,19-24H,5-7,10-16H2,1-2H3/t20-,21+,22?,23-,24+,25?,26?;19-,20+,21-,22+,23?,24?;19?,20-,21+,22-,23+,24?,25?;17?,19-,20+,21-,22+,23?,24?. The normalized spacial score (nSPS) is 35.8. The summed E-state index contributed by atoms with van der Waals surface area (Å²) in [5.41, 5.74) is 6.64. The van der Waals surface area contributed by atoms with Crippen LogP contribution in [0.5, 0.6) is 0 Å². The molecule has 0 amide bonds. The van der Waals surface area contributed by atoms with Gasteiger partial charge in [0.25, 0.3) is 22.2 Å². The Morgan fingerprint density at radius 2 is 0.529 bits per heavy atom. The first-order chi connectivity index (χ1) is 65.7. The summed E-state index contributed by atoms with van der Waals surface area (Å²) in [6.45, 7) is 20.4. The molecule has 20 nitrogen and oxygen atoms in total. The van der Waals surface area contributed by atoms with Crippen molar-refractivity contribution in [1.82, 2.24) is 57.8 Å². The van der Waals surface area contributed by atoms with Crippen molar-refractivity contribution in [2.45, 2.75) is 429 Å². The van der Waals surface area contributed by atoms with E-state index in [4.69, 9.17) is 0 Å². The molecule has 4 aromatic carbocycles. The van der Waals surface area contributed by atoms with Gasteiger partial charge in [0.2, 0.25) is 0 Å². The lowest BCUT2D eigenvalue weighted by atomic mass is 9.60. The summed E-state index contributed by atoms with van der Waals surface area (Å²) < 4.78 is 7.78. The molecule has 16 fully saturated rings. The second-order valence-corrected chi connectivity index (χ2v) is 48.7. The third kappa shape index (κ3) is 18.7. The van der Waals surface area contributed by atoms with Gasteiger partial charge in [-0.3, -0.25) is 58.0 Å². The minimum Gasteiger partial charge on any atom is -0.302 e. The average Bonchev–Trinajstić information content (AvgIpc) is 0.761. The molecule has 24 rings (SSSR count). The summed E-state index contributed by atoms with van der Waals surface area (Å²) in [5.74, 6) is 9.92. The van der Waals surface area contributed by atoms with Crippen molar-refractivity contribution in [3.63, 3.8) is 0 Å². The van der Waals surface area contributed by atoms with Crippen LogP contribution < -0.4 is 22.2 Å². The van der Waals surface area contributed by atoms with Crippen molar-refractivity contribution >= 4 is 67.3 Å². The summed E-state index contributed by atoms with van der Waals surface area (Å²) in [6.07, 6.45) is 52.8. The monoisotopic (exact) mass is 1850 g/mol. The number of aromatic nitrogens is 8. The fourth-order valence-electron chi connectivity index (χ4n) is 34.1. The number of benzene rings is 4. The molecule has 0 radical (unpaired) electrons. The van der Waals surface area contributed by atoms with Gasteiger partial charge < -0.3 is 18.3 Å². The molecule has 16 bridgehead atoms. The van der Waals surface area contributed by atoms with Crippen molar-refractivity contribution in [1.29, 1.82) is 0 Å². The molecule has 728 valence electrons. The molecular weight excluding hydrogens is 1690 g/mol. The number of carbonyl (C=O) groups is 4. The Morgan fingerprint density at radius 1 is 0.301 bits per heavy atom. The van der Waals surface area contributed by atoms with Crippen LogP contribution in [0.1, 0.15) is 399 Å². The smallest absolute Gasteiger partial charge is 0.280 e. The first-order valence-corrected chi connectivity index (χ1v) is 54.9. The number of piperidine rings is 8. The summed E-state index contributed by atoms with van der Waals surface area (Å²) in [5, 5.41) is 0. The number of para-hydroxylation sites is 8. The molecule has 136 heavy (non-hydrogen) atoms. The highest BCUT2D eigenvalue weighted by atomic mass is 16.2. The second-order valence-electron chi connectivity index (χ2n) is 48.7. The highest BCUT2D eigenvalue weighted by Gasteiger charge is 2.53. The van der Waals surface area contributed by atoms with Gasteiger partial charge in [0.05, 0.1) is 44.1 Å². The summed E-state index contributed by atoms with van der Waals surface area (Å²) in [7, 11) is 0. The van der Waals surface area contributed by atoms with Crippen molar-refractivity contribution in [3.8, 4) is 0 Å². The highest BCUT2D eigenvalue weighted by molar-refractivity contribution is 5.96. The molecule has 27 atom stereocenters. The van der Waals surface area contributed by atoms with E-state index in [0.29, 0.717) is 53.7 Å². The zero-order chi connectivity index (χ0) is 94.0. The third-order valence-corrected chi connectivity index (χ3v) is 38.5. The number of ketones is 4. The van der Waals surface area contributed by atoms with Crippen molar-refractivity contribution in [2.24, 2.45) is 76.4 Å². The van der Waals surface area contributed by atoms with E-state index in [2.05, 4.69) is 81.1 Å². The van der Waals surface area contributed by atoms with Gasteiger partial charge in [-0.1, -0.05) is 122 Å². The van der Waals surface area contributed by atoms with Gasteiger partial charge in [-0.25, -0.2) is 19.9 Å². The quantitative estimate of drug-likeness (QED) is 0.0924. The molecule has 8 aliphatic carbocycles. The molecule has 12 heterocycles. The number of hydrogen-bond donors (Lipinski definition) is 0. The van der Waals surface area contributed by atoms with Crippen LogP contribution in [0.15, 0.2) is 116 Å². The zero-order valence-electron chi connectivity index (χ0n) is 83.5. The lowest BCUT2D eigenvalue weighted by Crippen LogP contribution is -2.59. The Bertz CT molecular complexity index is 5930. The maximum atomic E-state index is 13.5. The van der Waals surface area contributed by atoms with Crippen molar-refractivity contribution in [2.75, 3.05) is 0 Å². The van der Waals surface area contributed by atoms with Gasteiger partial charge in [0.15, 0.2) is 45.9 Å². The Balaban J connectivity index is 0.000000108. The van der Waals surface area contributed by atoms with E-state index in [9.17, 15) is 38.4 Å². The second kappa shape index (κ2) is 39.1. The summed E-state index contributed by atoms with van der Waals surface area (Å²) in [6, 6.07) is 39.3. The van der Waals surface area contributed by atoms with Gasteiger partial charge in [0, 0.05) is 124 Å². The molecule has 8 aliphatic heterocycles. The largest absolute Gasteiger partial charge is 0.302 e. The first-order valence-electron chi connectivity index (χ1n) is 54.9. The molecule has 11 unspecified atom stereocenters. The molecule has 20 heteroatoms. The predicted molar refractivity (Wildman–Crippen MR) is 541 cm³/mol. The number of carbonyl (C=O) groups excluding carboxylic acids is 4. The Labute approximate surface area is 806 Å². The fraction of sp³-hybridized carbons (Fsp3) is 0.690. The fourth-order valence-corrected chi connectivity index (χ4v) is 34.1. The maximum Gasteiger partial charge on any atom is 0.280 e. The number of hydrogen-bond acceptors (Lipinski definition) is 16. The average molecular weight is 1850 g/mol. The molecule has 8 saturated carbocycles. The Morgan fingerprint density at radius 3 is 0.772 bits per heavy atom. The zero-order valence-corrected chi connectivity index (χ0v) is 83.5. The van der Waals surface area contributed by atoms with Crippen LogP contribution in [0.2, 0.25) is 0 Å². The van der Waals surface area contributed by atoms with Crippen molar-refractivity contribution in [3.05, 3.63) is 161 Å². The lowest BCUT2D eigenvalue weighted by molar-refractivity contribution is -0.0599. The van der Waals surface area contributed by atoms with E-state index in [0.717, 1.165) is 191 Å².